The largest absolute Gasteiger partial charge is 0.0496 e. The quantitative estimate of drug-likeness (QED) is 0.495. The van der Waals surface area contributed by atoms with E-state index in [1.165, 1.54) is 35.5 Å². The molecule has 0 aromatic heterocycles. The van der Waals surface area contributed by atoms with Crippen LogP contribution in [0.4, 0.5) is 0 Å². The Morgan fingerprint density at radius 1 is 0.636 bits per heavy atom. The van der Waals surface area contributed by atoms with Gasteiger partial charge in [-0.3, -0.25) is 0 Å². The number of hydrogen-bond donors (Lipinski definition) is 0. The summed E-state index contributed by atoms with van der Waals surface area (Å²) in [6.07, 6.45) is 8.16. The van der Waals surface area contributed by atoms with Crippen molar-refractivity contribution in [3.05, 3.63) is 0 Å². The van der Waals surface area contributed by atoms with Crippen molar-refractivity contribution in [1.82, 2.24) is 0 Å². The first-order valence-electron chi connectivity index (χ1n) is 5.43. The second-order valence-electron chi connectivity index (χ2n) is 5.47. The van der Waals surface area contributed by atoms with Crippen LogP contribution in [0.3, 0.4) is 0 Å². The summed E-state index contributed by atoms with van der Waals surface area (Å²) in [5, 5.41) is 0. The fraction of sp³-hybridized carbons (Fsp3) is 1.00. The predicted molar refractivity (Wildman–Crippen MR) is 44.0 cm³/mol. The summed E-state index contributed by atoms with van der Waals surface area (Å²) < 4.78 is 0. The van der Waals surface area contributed by atoms with E-state index in [-0.39, 0.29) is 0 Å². The van der Waals surface area contributed by atoms with E-state index in [1.807, 2.05) is 0 Å². The third-order valence-electron chi connectivity index (χ3n) is 5.39. The normalized spacial score (nSPS) is 69.8. The molecule has 4 atom stereocenters. The van der Waals surface area contributed by atoms with Gasteiger partial charge in [-0.1, -0.05) is 0 Å². The van der Waals surface area contributed by atoms with Crippen LogP contribution < -0.4 is 0 Å². The molecule has 0 heteroatoms. The summed E-state index contributed by atoms with van der Waals surface area (Å²) in [5.41, 5.74) is 0. The molecule has 4 unspecified atom stereocenters. The fourth-order valence-electron chi connectivity index (χ4n) is 5.36. The Morgan fingerprint density at radius 3 is 1.82 bits per heavy atom. The molecule has 5 saturated carbocycles. The predicted octanol–water partition coefficient (Wildman–Crippen LogP) is 2.69. The van der Waals surface area contributed by atoms with Crippen LogP contribution in [-0.2, 0) is 0 Å². The van der Waals surface area contributed by atoms with E-state index in [9.17, 15) is 0 Å². The van der Waals surface area contributed by atoms with Gasteiger partial charge in [0.25, 0.3) is 0 Å². The molecule has 5 aliphatic carbocycles. The van der Waals surface area contributed by atoms with Crippen molar-refractivity contribution in [2.75, 3.05) is 0 Å². The van der Waals surface area contributed by atoms with Crippen LogP contribution in [0.25, 0.3) is 0 Å². The molecule has 0 aromatic rings. The third-order valence-corrected chi connectivity index (χ3v) is 5.39. The molecule has 5 fully saturated rings. The van der Waals surface area contributed by atoms with E-state index in [4.69, 9.17) is 0 Å². The molecule has 0 N–H and O–H groups in total. The molecule has 0 saturated heterocycles. The molecule has 0 spiro atoms. The Kier molecular flexibility index (Phi) is 0.781. The molecular formula is C11H16. The smallest absolute Gasteiger partial charge is 0.0323 e. The molecule has 0 aliphatic heterocycles. The van der Waals surface area contributed by atoms with Crippen LogP contribution >= 0.6 is 0 Å². The van der Waals surface area contributed by atoms with Gasteiger partial charge in [-0.15, -0.1) is 0 Å². The van der Waals surface area contributed by atoms with Crippen molar-refractivity contribution < 1.29 is 0 Å². The van der Waals surface area contributed by atoms with Gasteiger partial charge in [0.1, 0.15) is 0 Å². The minimum Gasteiger partial charge on any atom is -0.0496 e. The average Bonchev–Trinajstić information content (AvgIpc) is 2.57. The summed E-state index contributed by atoms with van der Waals surface area (Å²) in [4.78, 5) is 0. The van der Waals surface area contributed by atoms with E-state index in [1.54, 1.807) is 32.1 Å². The van der Waals surface area contributed by atoms with E-state index >= 15 is 0 Å². The minimum atomic E-state index is 1.21. The minimum absolute atomic E-state index is 1.21. The lowest BCUT2D eigenvalue weighted by molar-refractivity contribution is 0.189. The van der Waals surface area contributed by atoms with Crippen molar-refractivity contribution in [2.24, 2.45) is 35.5 Å². The van der Waals surface area contributed by atoms with E-state index in [0.29, 0.717) is 0 Å². The standard InChI is InChI=1S/C11H16/c1-2-10-7-3-6-4-8(5-7)11(10)9(1)6/h6-11H,1-5H2. The van der Waals surface area contributed by atoms with Crippen molar-refractivity contribution >= 4 is 0 Å². The third kappa shape index (κ3) is 0.467. The zero-order valence-corrected chi connectivity index (χ0v) is 7.00. The Balaban J connectivity index is 1.91. The highest BCUT2D eigenvalue weighted by atomic mass is 14.7. The summed E-state index contributed by atoms with van der Waals surface area (Å²) >= 11 is 0. The lowest BCUT2D eigenvalue weighted by Gasteiger charge is -2.30. The van der Waals surface area contributed by atoms with Crippen LogP contribution in [-0.4, -0.2) is 0 Å². The molecule has 11 heavy (non-hydrogen) atoms. The molecule has 0 nitrogen and oxygen atoms in total. The molecule has 0 heterocycles. The van der Waals surface area contributed by atoms with Gasteiger partial charge in [-0.2, -0.15) is 0 Å². The van der Waals surface area contributed by atoms with Gasteiger partial charge < -0.3 is 0 Å². The highest BCUT2D eigenvalue weighted by molar-refractivity contribution is 5.10. The zero-order valence-electron chi connectivity index (χ0n) is 7.00. The molecule has 0 aromatic carbocycles. The van der Waals surface area contributed by atoms with Gasteiger partial charge in [0.05, 0.1) is 0 Å². The maximum atomic E-state index is 1.64. The second-order valence-corrected chi connectivity index (χ2v) is 5.47. The Bertz CT molecular complexity index is 188. The second kappa shape index (κ2) is 1.53. The van der Waals surface area contributed by atoms with Gasteiger partial charge in [0.2, 0.25) is 0 Å². The monoisotopic (exact) mass is 148 g/mol. The van der Waals surface area contributed by atoms with Crippen molar-refractivity contribution in [1.29, 1.82) is 0 Å². The molecular weight excluding hydrogens is 132 g/mol. The van der Waals surface area contributed by atoms with Crippen molar-refractivity contribution in [2.45, 2.75) is 32.1 Å². The molecule has 6 bridgehead atoms. The highest BCUT2D eigenvalue weighted by Crippen LogP contribution is 2.69. The maximum absolute atomic E-state index is 1.64. The van der Waals surface area contributed by atoms with Gasteiger partial charge in [0, 0.05) is 0 Å². The van der Waals surface area contributed by atoms with Crippen molar-refractivity contribution in [3.63, 3.8) is 0 Å². The highest BCUT2D eigenvalue weighted by Gasteiger charge is 2.61. The van der Waals surface area contributed by atoms with Gasteiger partial charge in [-0.05, 0) is 67.6 Å². The van der Waals surface area contributed by atoms with Crippen LogP contribution in [0.1, 0.15) is 32.1 Å². The van der Waals surface area contributed by atoms with E-state index in [0.717, 1.165) is 0 Å². The first-order valence-corrected chi connectivity index (χ1v) is 5.43. The maximum Gasteiger partial charge on any atom is -0.0323 e. The Labute approximate surface area is 68.4 Å². The van der Waals surface area contributed by atoms with Crippen LogP contribution in [0, 0.1) is 35.5 Å². The van der Waals surface area contributed by atoms with Gasteiger partial charge in [0.15, 0.2) is 0 Å². The van der Waals surface area contributed by atoms with Crippen LogP contribution in [0.5, 0.6) is 0 Å². The van der Waals surface area contributed by atoms with E-state index in [2.05, 4.69) is 0 Å². The number of hydrogen-bond acceptors (Lipinski definition) is 0. The average molecular weight is 148 g/mol. The van der Waals surface area contributed by atoms with Gasteiger partial charge in [-0.25, -0.2) is 0 Å². The first kappa shape index (κ1) is 5.61. The number of rotatable bonds is 0. The lowest BCUT2D eigenvalue weighted by atomic mass is 9.75. The molecule has 5 rings (SSSR count). The van der Waals surface area contributed by atoms with E-state index < -0.39 is 0 Å². The first-order chi connectivity index (χ1) is 5.43. The fourth-order valence-corrected chi connectivity index (χ4v) is 5.36. The molecule has 5 aliphatic rings. The van der Waals surface area contributed by atoms with Crippen molar-refractivity contribution in [3.8, 4) is 0 Å². The lowest BCUT2D eigenvalue weighted by Crippen LogP contribution is -2.23. The molecule has 0 amide bonds. The molecule has 60 valence electrons. The van der Waals surface area contributed by atoms with Crippen LogP contribution in [0.2, 0.25) is 0 Å². The summed E-state index contributed by atoms with van der Waals surface area (Å²) in [6, 6.07) is 0. The Morgan fingerprint density at radius 2 is 1.18 bits per heavy atom. The molecule has 0 radical (unpaired) electrons. The van der Waals surface area contributed by atoms with Gasteiger partial charge >= 0.3 is 0 Å². The summed E-state index contributed by atoms with van der Waals surface area (Å²) in [5.74, 6) is 7.34. The topological polar surface area (TPSA) is 0 Å². The SMILES string of the molecule is C1C2CC3CC1C1CCC2C31. The summed E-state index contributed by atoms with van der Waals surface area (Å²) in [6.45, 7) is 0. The van der Waals surface area contributed by atoms with Crippen LogP contribution in [0.15, 0.2) is 0 Å². The summed E-state index contributed by atoms with van der Waals surface area (Å²) in [7, 11) is 0. The zero-order chi connectivity index (χ0) is 7.00. The Hall–Kier alpha value is 0.